The monoisotopic (exact) mass is 533 g/mol. The minimum atomic E-state index is -0.688. The number of amides is 1. The zero-order chi connectivity index (χ0) is 22.6. The van der Waals surface area contributed by atoms with Crippen molar-refractivity contribution >= 4 is 67.3 Å². The molecule has 1 aliphatic rings. The number of hydrogen-bond acceptors (Lipinski definition) is 3. The maximum atomic E-state index is 14.1. The van der Waals surface area contributed by atoms with Gasteiger partial charge in [-0.15, -0.1) is 0 Å². The molecule has 4 aromatic rings. The molecule has 1 atom stereocenters. The van der Waals surface area contributed by atoms with Gasteiger partial charge >= 0.3 is 0 Å². The van der Waals surface area contributed by atoms with E-state index in [0.29, 0.717) is 48.5 Å². The zero-order valence-electron chi connectivity index (χ0n) is 16.0. The quantitative estimate of drug-likeness (QED) is 0.293. The summed E-state index contributed by atoms with van der Waals surface area (Å²) >= 11 is 16.0. The van der Waals surface area contributed by atoms with E-state index in [9.17, 15) is 13.6 Å². The Hall–Kier alpha value is -2.74. The number of rotatable bonds is 3. The third-order valence-electron chi connectivity index (χ3n) is 5.27. The standard InChI is InChI=1S/C23H12BrCl2F2N3O/c24-10-5-16-20(21(31-23(16)32)15-7-11(27)1-2-17(15)25)19(6-10)30-22-14-8-12(28)9-18(26)13(14)3-4-29-22/h1-9,21H,(H,29,30)(H,31,32). The van der Waals surface area contributed by atoms with Gasteiger partial charge in [-0.25, -0.2) is 13.8 Å². The minimum absolute atomic E-state index is 0.256. The van der Waals surface area contributed by atoms with Crippen LogP contribution < -0.4 is 10.6 Å². The molecule has 0 radical (unpaired) electrons. The van der Waals surface area contributed by atoms with E-state index in [-0.39, 0.29) is 10.9 Å². The number of benzene rings is 3. The van der Waals surface area contributed by atoms with Crippen LogP contribution in [0.3, 0.4) is 0 Å². The van der Waals surface area contributed by atoms with Crippen LogP contribution in [0, 0.1) is 11.6 Å². The largest absolute Gasteiger partial charge is 0.341 e. The van der Waals surface area contributed by atoms with Gasteiger partial charge in [0.2, 0.25) is 0 Å². The molecule has 0 bridgehead atoms. The van der Waals surface area contributed by atoms with Crippen molar-refractivity contribution in [3.8, 4) is 0 Å². The number of nitrogens with zero attached hydrogens (tertiary/aromatic N) is 1. The first kappa shape index (κ1) is 21.1. The molecule has 1 amide bonds. The van der Waals surface area contributed by atoms with Gasteiger partial charge in [0.25, 0.3) is 5.91 Å². The molecule has 2 heterocycles. The van der Waals surface area contributed by atoms with Crippen molar-refractivity contribution in [3.05, 3.63) is 97.6 Å². The van der Waals surface area contributed by atoms with Crippen LogP contribution in [0.1, 0.15) is 27.5 Å². The predicted molar refractivity (Wildman–Crippen MR) is 125 cm³/mol. The summed E-state index contributed by atoms with van der Waals surface area (Å²) in [6, 6.07) is 11.0. The fraction of sp³-hybridized carbons (Fsp3) is 0.0435. The lowest BCUT2D eigenvalue weighted by Crippen LogP contribution is -2.20. The molecule has 0 fully saturated rings. The van der Waals surface area contributed by atoms with Gasteiger partial charge in [0.1, 0.15) is 17.5 Å². The van der Waals surface area contributed by atoms with Crippen molar-refractivity contribution in [2.75, 3.05) is 5.32 Å². The highest BCUT2D eigenvalue weighted by Crippen LogP contribution is 2.42. The van der Waals surface area contributed by atoms with Crippen LogP contribution in [0.2, 0.25) is 10.0 Å². The van der Waals surface area contributed by atoms with Crippen molar-refractivity contribution in [1.82, 2.24) is 10.3 Å². The lowest BCUT2D eigenvalue weighted by molar-refractivity contribution is 0.0960. The highest BCUT2D eigenvalue weighted by atomic mass is 79.9. The van der Waals surface area contributed by atoms with Crippen LogP contribution in [-0.2, 0) is 0 Å². The molecular formula is C23H12BrCl2F2N3O. The smallest absolute Gasteiger partial charge is 0.252 e. The summed E-state index contributed by atoms with van der Waals surface area (Å²) in [5, 5.41) is 7.73. The molecule has 0 aliphatic carbocycles. The average molecular weight is 535 g/mol. The first-order chi connectivity index (χ1) is 15.3. The summed E-state index contributed by atoms with van der Waals surface area (Å²) in [5.74, 6) is -0.943. The number of halogens is 5. The van der Waals surface area contributed by atoms with Crippen molar-refractivity contribution in [3.63, 3.8) is 0 Å². The zero-order valence-corrected chi connectivity index (χ0v) is 19.1. The minimum Gasteiger partial charge on any atom is -0.341 e. The number of fused-ring (bicyclic) bond motifs is 2. The number of pyridine rings is 1. The summed E-state index contributed by atoms with van der Waals surface area (Å²) in [5.41, 5.74) is 1.92. The Morgan fingerprint density at radius 3 is 2.59 bits per heavy atom. The van der Waals surface area contributed by atoms with Crippen molar-refractivity contribution in [1.29, 1.82) is 0 Å². The normalized spacial score (nSPS) is 15.0. The maximum absolute atomic E-state index is 14.1. The molecule has 4 nitrogen and oxygen atoms in total. The molecule has 1 unspecified atom stereocenters. The lowest BCUT2D eigenvalue weighted by Gasteiger charge is -2.19. The number of carbonyl (C=O) groups excluding carboxylic acids is 1. The molecule has 32 heavy (non-hydrogen) atoms. The summed E-state index contributed by atoms with van der Waals surface area (Å²) < 4.78 is 28.7. The number of hydrogen-bond donors (Lipinski definition) is 2. The fourth-order valence-electron chi connectivity index (χ4n) is 3.90. The Morgan fingerprint density at radius 1 is 0.969 bits per heavy atom. The molecule has 0 spiro atoms. The Bertz CT molecular complexity index is 1430. The van der Waals surface area contributed by atoms with E-state index >= 15 is 0 Å². The summed E-state index contributed by atoms with van der Waals surface area (Å²) in [6.07, 6.45) is 1.55. The van der Waals surface area contributed by atoms with Gasteiger partial charge in [-0.3, -0.25) is 4.79 Å². The van der Waals surface area contributed by atoms with E-state index < -0.39 is 17.7 Å². The molecule has 1 aromatic heterocycles. The van der Waals surface area contributed by atoms with E-state index in [1.807, 2.05) is 0 Å². The van der Waals surface area contributed by atoms with Crippen molar-refractivity contribution < 1.29 is 13.6 Å². The molecule has 5 rings (SSSR count). The molecule has 2 N–H and O–H groups in total. The highest BCUT2D eigenvalue weighted by molar-refractivity contribution is 9.10. The Morgan fingerprint density at radius 2 is 1.78 bits per heavy atom. The van der Waals surface area contributed by atoms with Gasteiger partial charge in [0, 0.05) is 48.8 Å². The molecule has 160 valence electrons. The van der Waals surface area contributed by atoms with Crippen LogP contribution in [0.25, 0.3) is 10.8 Å². The lowest BCUT2D eigenvalue weighted by atomic mass is 9.96. The predicted octanol–water partition coefficient (Wildman–Crippen LogP) is 7.16. The average Bonchev–Trinajstić information content (AvgIpc) is 3.06. The van der Waals surface area contributed by atoms with Crippen molar-refractivity contribution in [2.45, 2.75) is 6.04 Å². The Kier molecular flexibility index (Phi) is 5.28. The molecule has 1 aliphatic heterocycles. The van der Waals surface area contributed by atoms with Gasteiger partial charge in [0.15, 0.2) is 0 Å². The van der Waals surface area contributed by atoms with Gasteiger partial charge in [0.05, 0.1) is 11.1 Å². The van der Waals surface area contributed by atoms with E-state index in [1.165, 1.54) is 30.3 Å². The van der Waals surface area contributed by atoms with Crippen molar-refractivity contribution in [2.24, 2.45) is 0 Å². The molecule has 3 aromatic carbocycles. The van der Waals surface area contributed by atoms with Gasteiger partial charge < -0.3 is 10.6 Å². The molecule has 0 saturated carbocycles. The van der Waals surface area contributed by atoms with E-state index in [1.54, 1.807) is 24.4 Å². The van der Waals surface area contributed by atoms with Crippen LogP contribution in [-0.4, -0.2) is 10.9 Å². The topological polar surface area (TPSA) is 54.0 Å². The summed E-state index contributed by atoms with van der Waals surface area (Å²) in [6.45, 7) is 0. The van der Waals surface area contributed by atoms with Gasteiger partial charge in [-0.2, -0.15) is 0 Å². The second-order valence-electron chi connectivity index (χ2n) is 7.25. The van der Waals surface area contributed by atoms with E-state index in [4.69, 9.17) is 23.2 Å². The summed E-state index contributed by atoms with van der Waals surface area (Å²) in [7, 11) is 0. The van der Waals surface area contributed by atoms with Crippen LogP contribution >= 0.6 is 39.1 Å². The number of carbonyl (C=O) groups is 1. The second-order valence-corrected chi connectivity index (χ2v) is 8.98. The highest BCUT2D eigenvalue weighted by Gasteiger charge is 2.34. The maximum Gasteiger partial charge on any atom is 0.252 e. The Balaban J connectivity index is 1.70. The fourth-order valence-corrected chi connectivity index (χ4v) is 4.86. The molecular weight excluding hydrogens is 523 g/mol. The van der Waals surface area contributed by atoms with E-state index in [0.717, 1.165) is 0 Å². The summed E-state index contributed by atoms with van der Waals surface area (Å²) in [4.78, 5) is 17.1. The van der Waals surface area contributed by atoms with Crippen LogP contribution in [0.4, 0.5) is 20.3 Å². The van der Waals surface area contributed by atoms with E-state index in [2.05, 4.69) is 31.5 Å². The number of anilines is 2. The first-order valence-electron chi connectivity index (χ1n) is 9.42. The van der Waals surface area contributed by atoms with Gasteiger partial charge in [-0.05, 0) is 48.5 Å². The third-order valence-corrected chi connectivity index (χ3v) is 6.38. The van der Waals surface area contributed by atoms with Crippen LogP contribution in [0.5, 0.6) is 0 Å². The first-order valence-corrected chi connectivity index (χ1v) is 11.0. The Labute approximate surface area is 199 Å². The number of aromatic nitrogens is 1. The van der Waals surface area contributed by atoms with Gasteiger partial charge in [-0.1, -0.05) is 39.1 Å². The second kappa shape index (κ2) is 7.99. The third kappa shape index (κ3) is 3.60. The molecule has 0 saturated heterocycles. The van der Waals surface area contributed by atoms with Crippen LogP contribution in [0.15, 0.2) is 59.2 Å². The number of nitrogens with one attached hydrogen (secondary N) is 2. The SMILES string of the molecule is O=C1NC(c2cc(F)ccc2Cl)c2c(Nc3nccc4c(Cl)cc(F)cc34)cc(Br)cc21. The molecule has 9 heteroatoms.